The highest BCUT2D eigenvalue weighted by Crippen LogP contribution is 2.23. The lowest BCUT2D eigenvalue weighted by atomic mass is 9.96. The quantitative estimate of drug-likeness (QED) is 0.910. The number of anilines is 1. The summed E-state index contributed by atoms with van der Waals surface area (Å²) in [4.78, 5) is 11.8. The zero-order chi connectivity index (χ0) is 13.0. The van der Waals surface area contributed by atoms with Crippen molar-refractivity contribution in [2.24, 2.45) is 11.8 Å². The van der Waals surface area contributed by atoms with Crippen LogP contribution in [0.1, 0.15) is 13.8 Å². The number of hydrogen-bond donors (Lipinski definition) is 1. The Balaban J connectivity index is 2.84. The molecule has 1 aromatic carbocycles. The summed E-state index contributed by atoms with van der Waals surface area (Å²) in [6.45, 7) is 3.64. The van der Waals surface area contributed by atoms with Gasteiger partial charge in [-0.3, -0.25) is 4.79 Å². The first-order valence-corrected chi connectivity index (χ1v) is 5.86. The van der Waals surface area contributed by atoms with Gasteiger partial charge in [0.1, 0.15) is 5.92 Å². The lowest BCUT2D eigenvalue weighted by Crippen LogP contribution is -2.25. The number of benzene rings is 1. The lowest BCUT2D eigenvalue weighted by Gasteiger charge is -2.13. The van der Waals surface area contributed by atoms with Gasteiger partial charge in [-0.05, 0) is 24.1 Å². The molecule has 5 heteroatoms. The first-order chi connectivity index (χ1) is 7.93. The van der Waals surface area contributed by atoms with Crippen LogP contribution >= 0.6 is 23.2 Å². The average molecular weight is 271 g/mol. The number of amides is 1. The Kier molecular flexibility index (Phi) is 4.80. The molecule has 90 valence electrons. The third-order valence-corrected chi connectivity index (χ3v) is 2.65. The maximum Gasteiger partial charge on any atom is 0.241 e. The summed E-state index contributed by atoms with van der Waals surface area (Å²) in [5.74, 6) is -1.08. The molecule has 0 saturated heterocycles. The van der Waals surface area contributed by atoms with Crippen molar-refractivity contribution in [3.05, 3.63) is 28.2 Å². The highest BCUT2D eigenvalue weighted by molar-refractivity contribution is 6.35. The summed E-state index contributed by atoms with van der Waals surface area (Å²) in [6.07, 6.45) is 0. The van der Waals surface area contributed by atoms with Gasteiger partial charge in [-0.15, -0.1) is 0 Å². The zero-order valence-electron chi connectivity index (χ0n) is 9.50. The van der Waals surface area contributed by atoms with Gasteiger partial charge in [0.2, 0.25) is 5.91 Å². The molecule has 1 rings (SSSR count). The van der Waals surface area contributed by atoms with Crippen LogP contribution in [0.4, 0.5) is 5.69 Å². The largest absolute Gasteiger partial charge is 0.325 e. The van der Waals surface area contributed by atoms with Gasteiger partial charge in [0.25, 0.3) is 0 Å². The van der Waals surface area contributed by atoms with Crippen molar-refractivity contribution in [1.82, 2.24) is 0 Å². The highest BCUT2D eigenvalue weighted by Gasteiger charge is 2.21. The van der Waals surface area contributed by atoms with Crippen molar-refractivity contribution in [2.45, 2.75) is 13.8 Å². The van der Waals surface area contributed by atoms with Crippen molar-refractivity contribution in [2.75, 3.05) is 5.32 Å². The van der Waals surface area contributed by atoms with Crippen LogP contribution < -0.4 is 5.32 Å². The predicted molar refractivity (Wildman–Crippen MR) is 69.0 cm³/mol. The van der Waals surface area contributed by atoms with E-state index in [1.807, 2.05) is 19.9 Å². The lowest BCUT2D eigenvalue weighted by molar-refractivity contribution is -0.119. The molecule has 1 atom stereocenters. The number of hydrogen-bond acceptors (Lipinski definition) is 2. The second kappa shape index (κ2) is 5.90. The van der Waals surface area contributed by atoms with Crippen LogP contribution in [0.2, 0.25) is 10.0 Å². The van der Waals surface area contributed by atoms with Gasteiger partial charge in [0.05, 0.1) is 6.07 Å². The third-order valence-electron chi connectivity index (χ3n) is 2.22. The molecular weight excluding hydrogens is 259 g/mol. The number of nitrogens with zero attached hydrogens (tertiary/aromatic N) is 1. The van der Waals surface area contributed by atoms with Crippen LogP contribution in [0.5, 0.6) is 0 Å². The third kappa shape index (κ3) is 3.92. The minimum Gasteiger partial charge on any atom is -0.325 e. The first-order valence-electron chi connectivity index (χ1n) is 5.10. The Labute approximate surface area is 110 Å². The molecular formula is C12H12Cl2N2O. The van der Waals surface area contributed by atoms with E-state index in [9.17, 15) is 4.79 Å². The van der Waals surface area contributed by atoms with Gasteiger partial charge in [-0.1, -0.05) is 37.0 Å². The van der Waals surface area contributed by atoms with E-state index in [0.29, 0.717) is 15.7 Å². The summed E-state index contributed by atoms with van der Waals surface area (Å²) in [5.41, 5.74) is 0.494. The topological polar surface area (TPSA) is 52.9 Å². The second-order valence-electron chi connectivity index (χ2n) is 4.00. The van der Waals surface area contributed by atoms with Crippen molar-refractivity contribution < 1.29 is 4.79 Å². The summed E-state index contributed by atoms with van der Waals surface area (Å²) < 4.78 is 0. The molecule has 0 fully saturated rings. The molecule has 0 aliphatic heterocycles. The summed E-state index contributed by atoms with van der Waals surface area (Å²) in [6, 6.07) is 6.71. The van der Waals surface area contributed by atoms with Crippen LogP contribution in [-0.2, 0) is 4.79 Å². The maximum absolute atomic E-state index is 11.8. The molecule has 0 aromatic heterocycles. The van der Waals surface area contributed by atoms with E-state index < -0.39 is 5.92 Å². The normalized spacial score (nSPS) is 12.0. The maximum atomic E-state index is 11.8. The second-order valence-corrected chi connectivity index (χ2v) is 4.87. The molecule has 1 unspecified atom stereocenters. The number of carbonyl (C=O) groups excluding carboxylic acids is 1. The fourth-order valence-electron chi connectivity index (χ4n) is 1.36. The Morgan fingerprint density at radius 3 is 2.24 bits per heavy atom. The Hall–Kier alpha value is -1.24. The van der Waals surface area contributed by atoms with E-state index in [1.165, 1.54) is 0 Å². The molecule has 0 spiro atoms. The van der Waals surface area contributed by atoms with Crippen LogP contribution in [0, 0.1) is 23.2 Å². The molecule has 0 bridgehead atoms. The van der Waals surface area contributed by atoms with E-state index in [-0.39, 0.29) is 11.8 Å². The minimum atomic E-state index is -0.687. The van der Waals surface area contributed by atoms with E-state index in [0.717, 1.165) is 0 Å². The molecule has 1 amide bonds. The SMILES string of the molecule is CC(C)C(C#N)C(=O)Nc1cc(Cl)cc(Cl)c1. The molecule has 1 aromatic rings. The zero-order valence-corrected chi connectivity index (χ0v) is 11.0. The van der Waals surface area contributed by atoms with Gasteiger partial charge < -0.3 is 5.32 Å². The summed E-state index contributed by atoms with van der Waals surface area (Å²) in [5, 5.41) is 12.4. The Morgan fingerprint density at radius 2 is 1.82 bits per heavy atom. The Morgan fingerprint density at radius 1 is 1.29 bits per heavy atom. The van der Waals surface area contributed by atoms with E-state index in [4.69, 9.17) is 28.5 Å². The van der Waals surface area contributed by atoms with Crippen molar-refractivity contribution in [1.29, 1.82) is 5.26 Å². The monoisotopic (exact) mass is 270 g/mol. The van der Waals surface area contributed by atoms with E-state index >= 15 is 0 Å². The molecule has 0 aliphatic rings. The minimum absolute atomic E-state index is 0.0466. The van der Waals surface area contributed by atoms with Gasteiger partial charge in [-0.25, -0.2) is 0 Å². The molecule has 1 N–H and O–H groups in total. The smallest absolute Gasteiger partial charge is 0.241 e. The molecule has 3 nitrogen and oxygen atoms in total. The average Bonchev–Trinajstić information content (AvgIpc) is 2.15. The predicted octanol–water partition coefficient (Wildman–Crippen LogP) is 3.73. The van der Waals surface area contributed by atoms with Crippen LogP contribution in [0.15, 0.2) is 18.2 Å². The molecule has 0 aliphatic carbocycles. The fraction of sp³-hybridized carbons (Fsp3) is 0.333. The molecule has 0 saturated carbocycles. The number of nitriles is 1. The van der Waals surface area contributed by atoms with Crippen molar-refractivity contribution in [3.8, 4) is 6.07 Å². The van der Waals surface area contributed by atoms with Gasteiger partial charge in [-0.2, -0.15) is 5.26 Å². The number of rotatable bonds is 3. The summed E-state index contributed by atoms with van der Waals surface area (Å²) >= 11 is 11.6. The molecule has 0 heterocycles. The van der Waals surface area contributed by atoms with Crippen LogP contribution in [0.3, 0.4) is 0 Å². The van der Waals surface area contributed by atoms with Gasteiger partial charge in [0.15, 0.2) is 0 Å². The number of halogens is 2. The molecule has 17 heavy (non-hydrogen) atoms. The number of nitrogens with one attached hydrogen (secondary N) is 1. The first kappa shape index (κ1) is 13.8. The van der Waals surface area contributed by atoms with E-state index in [1.54, 1.807) is 18.2 Å². The Bertz CT molecular complexity index is 446. The van der Waals surface area contributed by atoms with Crippen molar-refractivity contribution >= 4 is 34.8 Å². The van der Waals surface area contributed by atoms with Crippen LogP contribution in [0.25, 0.3) is 0 Å². The van der Waals surface area contributed by atoms with Gasteiger partial charge >= 0.3 is 0 Å². The van der Waals surface area contributed by atoms with Crippen molar-refractivity contribution in [3.63, 3.8) is 0 Å². The number of carbonyl (C=O) groups is 1. The standard InChI is InChI=1S/C12H12Cl2N2O/c1-7(2)11(6-15)12(17)16-10-4-8(13)3-9(14)5-10/h3-5,7,11H,1-2H3,(H,16,17). The summed E-state index contributed by atoms with van der Waals surface area (Å²) in [7, 11) is 0. The highest BCUT2D eigenvalue weighted by atomic mass is 35.5. The van der Waals surface area contributed by atoms with Gasteiger partial charge in [0, 0.05) is 15.7 Å². The van der Waals surface area contributed by atoms with Crippen LogP contribution in [-0.4, -0.2) is 5.91 Å². The van der Waals surface area contributed by atoms with E-state index in [2.05, 4.69) is 5.32 Å². The molecule has 0 radical (unpaired) electrons. The fourth-order valence-corrected chi connectivity index (χ4v) is 1.88.